The van der Waals surface area contributed by atoms with Gasteiger partial charge in [-0.2, -0.15) is 5.26 Å². The molecule has 1 saturated carbocycles. The van der Waals surface area contributed by atoms with Crippen LogP contribution in [0.2, 0.25) is 0 Å². The fourth-order valence-electron chi connectivity index (χ4n) is 2.67. The van der Waals surface area contributed by atoms with Gasteiger partial charge >= 0.3 is 0 Å². The predicted octanol–water partition coefficient (Wildman–Crippen LogP) is 2.52. The van der Waals surface area contributed by atoms with Crippen molar-refractivity contribution in [2.24, 2.45) is 11.7 Å². The Morgan fingerprint density at radius 3 is 2.59 bits per heavy atom. The average Bonchev–Trinajstić information content (AvgIpc) is 2.30. The molecule has 0 heterocycles. The molecule has 1 unspecified atom stereocenters. The number of rotatable bonds is 6. The molecule has 1 atom stereocenters. The van der Waals surface area contributed by atoms with E-state index >= 15 is 0 Å². The van der Waals surface area contributed by atoms with Crippen molar-refractivity contribution in [1.82, 2.24) is 4.90 Å². The van der Waals surface area contributed by atoms with E-state index in [4.69, 9.17) is 11.0 Å². The van der Waals surface area contributed by atoms with E-state index in [1.54, 1.807) is 0 Å². The normalized spacial score (nSPS) is 21.1. The summed E-state index contributed by atoms with van der Waals surface area (Å²) in [5, 5.41) is 8.83. The molecule has 17 heavy (non-hydrogen) atoms. The fourth-order valence-corrected chi connectivity index (χ4v) is 2.67. The third kappa shape index (κ3) is 6.05. The van der Waals surface area contributed by atoms with Crippen LogP contribution in [0.3, 0.4) is 0 Å². The van der Waals surface area contributed by atoms with Crippen LogP contribution >= 0.6 is 0 Å². The number of hydrogen-bond acceptors (Lipinski definition) is 3. The summed E-state index contributed by atoms with van der Waals surface area (Å²) in [6, 6.07) is 2.16. The van der Waals surface area contributed by atoms with E-state index in [9.17, 15) is 0 Å². The van der Waals surface area contributed by atoms with Crippen molar-refractivity contribution in [3.63, 3.8) is 0 Å². The molecular formula is C14H27N3. The summed E-state index contributed by atoms with van der Waals surface area (Å²) in [6.07, 6.45) is 8.85. The van der Waals surface area contributed by atoms with Crippen LogP contribution in [0.25, 0.3) is 0 Å². The first-order valence-corrected chi connectivity index (χ1v) is 6.92. The Morgan fingerprint density at radius 2 is 2.00 bits per heavy atom. The van der Waals surface area contributed by atoms with Crippen LogP contribution in [0.1, 0.15) is 51.9 Å². The lowest BCUT2D eigenvalue weighted by Crippen LogP contribution is -2.35. The summed E-state index contributed by atoms with van der Waals surface area (Å²) >= 11 is 0. The minimum Gasteiger partial charge on any atom is -0.314 e. The van der Waals surface area contributed by atoms with Crippen LogP contribution in [0.5, 0.6) is 0 Å². The minimum atomic E-state index is -0.647. The molecule has 0 radical (unpaired) electrons. The van der Waals surface area contributed by atoms with Crippen LogP contribution in [0.4, 0.5) is 0 Å². The Balaban J connectivity index is 2.12. The van der Waals surface area contributed by atoms with Gasteiger partial charge in [0.2, 0.25) is 0 Å². The Labute approximate surface area is 106 Å². The van der Waals surface area contributed by atoms with Gasteiger partial charge in [0.1, 0.15) is 5.54 Å². The second kappa shape index (κ2) is 6.98. The molecule has 0 aliphatic heterocycles. The summed E-state index contributed by atoms with van der Waals surface area (Å²) in [5.41, 5.74) is 5.16. The highest BCUT2D eigenvalue weighted by Gasteiger charge is 2.18. The molecule has 1 aliphatic rings. The van der Waals surface area contributed by atoms with E-state index in [2.05, 4.69) is 18.0 Å². The van der Waals surface area contributed by atoms with Gasteiger partial charge in [0, 0.05) is 6.54 Å². The Kier molecular flexibility index (Phi) is 5.94. The van der Waals surface area contributed by atoms with Crippen molar-refractivity contribution < 1.29 is 0 Å². The molecular weight excluding hydrogens is 210 g/mol. The third-order valence-electron chi connectivity index (χ3n) is 3.79. The topological polar surface area (TPSA) is 53.0 Å². The summed E-state index contributed by atoms with van der Waals surface area (Å²) in [6.45, 7) is 4.09. The maximum absolute atomic E-state index is 8.83. The highest BCUT2D eigenvalue weighted by Crippen LogP contribution is 2.24. The Hall–Kier alpha value is -0.590. The molecule has 1 aliphatic carbocycles. The molecule has 0 saturated heterocycles. The Bertz CT molecular complexity index is 249. The van der Waals surface area contributed by atoms with Gasteiger partial charge < -0.3 is 10.6 Å². The molecule has 3 heteroatoms. The molecule has 0 bridgehead atoms. The SMILES string of the molecule is CN(CCCC(C)(N)C#N)CC1CCCCC1. The molecule has 98 valence electrons. The first kappa shape index (κ1) is 14.5. The van der Waals surface area contributed by atoms with E-state index in [0.29, 0.717) is 0 Å². The zero-order valence-corrected chi connectivity index (χ0v) is 11.4. The van der Waals surface area contributed by atoms with Gasteiger partial charge in [-0.05, 0) is 52.1 Å². The molecule has 1 rings (SSSR count). The maximum atomic E-state index is 8.83. The molecule has 0 aromatic rings. The van der Waals surface area contributed by atoms with Crippen LogP contribution in [-0.2, 0) is 0 Å². The van der Waals surface area contributed by atoms with Crippen molar-refractivity contribution in [2.75, 3.05) is 20.1 Å². The van der Waals surface area contributed by atoms with Crippen LogP contribution in [0.15, 0.2) is 0 Å². The second-order valence-electron chi connectivity index (χ2n) is 5.90. The number of hydrogen-bond donors (Lipinski definition) is 1. The highest BCUT2D eigenvalue weighted by atomic mass is 15.1. The molecule has 3 nitrogen and oxygen atoms in total. The van der Waals surface area contributed by atoms with Gasteiger partial charge in [0.15, 0.2) is 0 Å². The molecule has 0 spiro atoms. The van der Waals surface area contributed by atoms with Crippen molar-refractivity contribution >= 4 is 0 Å². The highest BCUT2D eigenvalue weighted by molar-refractivity contribution is 5.00. The maximum Gasteiger partial charge on any atom is 0.101 e. The zero-order chi connectivity index (χ0) is 12.7. The smallest absolute Gasteiger partial charge is 0.101 e. The lowest BCUT2D eigenvalue weighted by Gasteiger charge is -2.27. The summed E-state index contributed by atoms with van der Waals surface area (Å²) in [5.74, 6) is 0.897. The molecule has 2 N–H and O–H groups in total. The van der Waals surface area contributed by atoms with Crippen LogP contribution in [0, 0.1) is 17.2 Å². The fraction of sp³-hybridized carbons (Fsp3) is 0.929. The first-order chi connectivity index (χ1) is 8.03. The number of nitrogens with two attached hydrogens (primary N) is 1. The monoisotopic (exact) mass is 237 g/mol. The van der Waals surface area contributed by atoms with E-state index in [-0.39, 0.29) is 0 Å². The minimum absolute atomic E-state index is 0.647. The van der Waals surface area contributed by atoms with Crippen LogP contribution < -0.4 is 5.73 Å². The Morgan fingerprint density at radius 1 is 1.35 bits per heavy atom. The summed E-state index contributed by atoms with van der Waals surface area (Å²) in [7, 11) is 2.19. The van der Waals surface area contributed by atoms with Gasteiger partial charge in [-0.25, -0.2) is 0 Å². The van der Waals surface area contributed by atoms with Crippen molar-refractivity contribution in [3.8, 4) is 6.07 Å². The quantitative estimate of drug-likeness (QED) is 0.772. The average molecular weight is 237 g/mol. The third-order valence-corrected chi connectivity index (χ3v) is 3.79. The largest absolute Gasteiger partial charge is 0.314 e. The molecule has 0 aromatic carbocycles. The van der Waals surface area contributed by atoms with E-state index in [1.165, 1.54) is 38.6 Å². The van der Waals surface area contributed by atoms with Crippen molar-refractivity contribution in [3.05, 3.63) is 0 Å². The van der Waals surface area contributed by atoms with Crippen molar-refractivity contribution in [1.29, 1.82) is 5.26 Å². The predicted molar refractivity (Wildman–Crippen MR) is 71.5 cm³/mol. The first-order valence-electron chi connectivity index (χ1n) is 6.92. The van der Waals surface area contributed by atoms with Crippen molar-refractivity contribution in [2.45, 2.75) is 57.4 Å². The van der Waals surface area contributed by atoms with E-state index in [0.717, 1.165) is 25.3 Å². The van der Waals surface area contributed by atoms with Gasteiger partial charge in [-0.3, -0.25) is 0 Å². The van der Waals surface area contributed by atoms with E-state index < -0.39 is 5.54 Å². The lowest BCUT2D eigenvalue weighted by molar-refractivity contribution is 0.228. The van der Waals surface area contributed by atoms with E-state index in [1.807, 2.05) is 6.92 Å². The van der Waals surface area contributed by atoms with Gasteiger partial charge in [0.25, 0.3) is 0 Å². The lowest BCUT2D eigenvalue weighted by atomic mass is 9.89. The second-order valence-corrected chi connectivity index (χ2v) is 5.90. The standard InChI is InChI=1S/C14H27N3/c1-14(16,12-15)9-6-10-17(2)11-13-7-4-3-5-8-13/h13H,3-11,16H2,1-2H3. The summed E-state index contributed by atoms with van der Waals surface area (Å²) in [4.78, 5) is 2.41. The molecule has 0 aromatic heterocycles. The van der Waals surface area contributed by atoms with Gasteiger partial charge in [-0.1, -0.05) is 19.3 Å². The molecule has 1 fully saturated rings. The zero-order valence-electron chi connectivity index (χ0n) is 11.4. The van der Waals surface area contributed by atoms with Gasteiger partial charge in [0.05, 0.1) is 6.07 Å². The van der Waals surface area contributed by atoms with Crippen LogP contribution in [-0.4, -0.2) is 30.6 Å². The van der Waals surface area contributed by atoms with Gasteiger partial charge in [-0.15, -0.1) is 0 Å². The summed E-state index contributed by atoms with van der Waals surface area (Å²) < 4.78 is 0. The molecule has 0 amide bonds. The number of nitrogens with zero attached hydrogens (tertiary/aromatic N) is 2. The number of nitriles is 1.